The van der Waals surface area contributed by atoms with Crippen molar-refractivity contribution in [2.75, 3.05) is 12.4 Å². The molecule has 1 fully saturated rings. The van der Waals surface area contributed by atoms with Crippen molar-refractivity contribution < 1.29 is 17.6 Å². The summed E-state index contributed by atoms with van der Waals surface area (Å²) < 4.78 is 42.4. The minimum Gasteiger partial charge on any atom is -0.325 e. The van der Waals surface area contributed by atoms with Gasteiger partial charge in [-0.3, -0.25) is 9.78 Å². The number of pyridine rings is 1. The van der Waals surface area contributed by atoms with Gasteiger partial charge in [-0.2, -0.15) is 17.4 Å². The van der Waals surface area contributed by atoms with Crippen LogP contribution in [-0.4, -0.2) is 36.7 Å². The third-order valence-electron chi connectivity index (χ3n) is 5.27. The molecule has 1 amide bonds. The van der Waals surface area contributed by atoms with Crippen LogP contribution in [0.1, 0.15) is 23.0 Å². The Morgan fingerprint density at radius 2 is 2.06 bits per heavy atom. The number of carbonyl (C=O) groups excluding carboxylic acids is 1. The number of hydrogen-bond acceptors (Lipinski definition) is 5. The summed E-state index contributed by atoms with van der Waals surface area (Å²) in [5.41, 5.74) is 3.05. The van der Waals surface area contributed by atoms with Crippen LogP contribution in [-0.2, 0) is 15.0 Å². The zero-order valence-electron chi connectivity index (χ0n) is 17.2. The van der Waals surface area contributed by atoms with Crippen LogP contribution >= 0.6 is 22.9 Å². The van der Waals surface area contributed by atoms with E-state index in [4.69, 9.17) is 11.6 Å². The highest BCUT2D eigenvalue weighted by molar-refractivity contribution is 7.87. The third-order valence-corrected chi connectivity index (χ3v) is 8.20. The average molecular weight is 495 g/mol. The van der Waals surface area contributed by atoms with Gasteiger partial charge in [0.25, 0.3) is 10.2 Å². The lowest BCUT2D eigenvalue weighted by Gasteiger charge is -2.35. The van der Waals surface area contributed by atoms with Crippen molar-refractivity contribution >= 4 is 44.7 Å². The highest BCUT2D eigenvalue weighted by Crippen LogP contribution is 2.35. The summed E-state index contributed by atoms with van der Waals surface area (Å²) >= 11 is 7.19. The van der Waals surface area contributed by atoms with Gasteiger partial charge in [0.15, 0.2) is 0 Å². The Labute approximate surface area is 194 Å². The molecular formula is C21H20ClFN4O3S2. The van der Waals surface area contributed by atoms with Gasteiger partial charge in [0.05, 0.1) is 11.1 Å². The zero-order valence-corrected chi connectivity index (χ0v) is 19.6. The SMILES string of the molecule is Cc1ccc(-c2csc([C@H]3C[C@@H](C(=O)Nc4ccc(F)c(Cl)c4)N(C)S(=O)(=O)N3)c2)cn1. The number of carbonyl (C=O) groups is 1. The van der Waals surface area contributed by atoms with Gasteiger partial charge in [0.1, 0.15) is 11.9 Å². The smallest absolute Gasteiger partial charge is 0.280 e. The second-order valence-electron chi connectivity index (χ2n) is 7.49. The molecule has 1 aliphatic rings. The monoisotopic (exact) mass is 494 g/mol. The van der Waals surface area contributed by atoms with Crippen LogP contribution < -0.4 is 10.0 Å². The number of anilines is 1. The number of aromatic nitrogens is 1. The van der Waals surface area contributed by atoms with E-state index in [2.05, 4.69) is 15.0 Å². The predicted octanol–water partition coefficient (Wildman–Crippen LogP) is 4.13. The number of nitrogens with zero attached hydrogens (tertiary/aromatic N) is 2. The molecule has 3 aromatic rings. The van der Waals surface area contributed by atoms with Crippen LogP contribution in [0.2, 0.25) is 5.02 Å². The van der Waals surface area contributed by atoms with Crippen molar-refractivity contribution in [3.63, 3.8) is 0 Å². The Kier molecular flexibility index (Phi) is 6.33. The fraction of sp³-hybridized carbons (Fsp3) is 0.238. The average Bonchev–Trinajstić information content (AvgIpc) is 3.23. The lowest BCUT2D eigenvalue weighted by molar-refractivity contribution is -0.120. The number of benzene rings is 1. The molecule has 0 bridgehead atoms. The van der Waals surface area contributed by atoms with Gasteiger partial charge in [-0.15, -0.1) is 11.3 Å². The van der Waals surface area contributed by atoms with Crippen molar-refractivity contribution in [2.45, 2.75) is 25.4 Å². The normalized spacial score (nSPS) is 20.8. The highest BCUT2D eigenvalue weighted by Gasteiger charge is 2.41. The van der Waals surface area contributed by atoms with E-state index in [0.717, 1.165) is 32.1 Å². The van der Waals surface area contributed by atoms with Crippen LogP contribution in [0.4, 0.5) is 10.1 Å². The largest absolute Gasteiger partial charge is 0.325 e. The molecule has 0 radical (unpaired) electrons. The summed E-state index contributed by atoms with van der Waals surface area (Å²) in [5.74, 6) is -1.13. The molecular weight excluding hydrogens is 475 g/mol. The van der Waals surface area contributed by atoms with E-state index in [9.17, 15) is 17.6 Å². The van der Waals surface area contributed by atoms with Crippen molar-refractivity contribution in [1.82, 2.24) is 14.0 Å². The second-order valence-corrected chi connectivity index (χ2v) is 10.6. The molecule has 3 heterocycles. The minimum absolute atomic E-state index is 0.135. The van der Waals surface area contributed by atoms with E-state index >= 15 is 0 Å². The van der Waals surface area contributed by atoms with Gasteiger partial charge < -0.3 is 5.32 Å². The van der Waals surface area contributed by atoms with Crippen molar-refractivity contribution in [1.29, 1.82) is 0 Å². The molecule has 0 spiro atoms. The first-order valence-electron chi connectivity index (χ1n) is 9.67. The maximum atomic E-state index is 13.4. The van der Waals surface area contributed by atoms with Gasteiger partial charge in [-0.1, -0.05) is 17.7 Å². The number of amides is 1. The number of aryl methyl sites for hydroxylation is 1. The molecule has 11 heteroatoms. The lowest BCUT2D eigenvalue weighted by atomic mass is 10.0. The Hall–Kier alpha value is -2.37. The van der Waals surface area contributed by atoms with Gasteiger partial charge in [-0.25, -0.2) is 4.39 Å². The molecule has 1 aromatic carbocycles. The van der Waals surface area contributed by atoms with Crippen molar-refractivity contribution in [3.05, 3.63) is 69.4 Å². The molecule has 2 aromatic heterocycles. The number of rotatable bonds is 4. The maximum Gasteiger partial charge on any atom is 0.280 e. The molecule has 7 nitrogen and oxygen atoms in total. The summed E-state index contributed by atoms with van der Waals surface area (Å²) in [5, 5.41) is 4.43. The molecule has 32 heavy (non-hydrogen) atoms. The molecule has 4 rings (SSSR count). The van der Waals surface area contributed by atoms with Crippen LogP contribution in [0.25, 0.3) is 11.1 Å². The molecule has 2 N–H and O–H groups in total. The summed E-state index contributed by atoms with van der Waals surface area (Å²) in [6, 6.07) is 8.03. The van der Waals surface area contributed by atoms with Gasteiger partial charge in [0, 0.05) is 35.1 Å². The quantitative estimate of drug-likeness (QED) is 0.570. The molecule has 168 valence electrons. The predicted molar refractivity (Wildman–Crippen MR) is 123 cm³/mol. The van der Waals surface area contributed by atoms with Crippen molar-refractivity contribution in [3.8, 4) is 11.1 Å². The number of nitrogens with one attached hydrogen (secondary N) is 2. The summed E-state index contributed by atoms with van der Waals surface area (Å²) in [6.45, 7) is 1.90. The van der Waals surface area contributed by atoms with Crippen LogP contribution in [0.5, 0.6) is 0 Å². The fourth-order valence-electron chi connectivity index (χ4n) is 3.42. The van der Waals surface area contributed by atoms with Crippen molar-refractivity contribution in [2.24, 2.45) is 0 Å². The van der Waals surface area contributed by atoms with E-state index in [0.29, 0.717) is 0 Å². The van der Waals surface area contributed by atoms with Crippen LogP contribution in [0.15, 0.2) is 48.0 Å². The Morgan fingerprint density at radius 1 is 1.28 bits per heavy atom. The number of thiophene rings is 1. The number of hydrogen-bond donors (Lipinski definition) is 2. The van der Waals surface area contributed by atoms with Gasteiger partial charge in [-0.05, 0) is 54.6 Å². The summed E-state index contributed by atoms with van der Waals surface area (Å²) in [6.07, 6.45) is 1.99. The van der Waals surface area contributed by atoms with E-state index in [1.54, 1.807) is 6.20 Å². The lowest BCUT2D eigenvalue weighted by Crippen LogP contribution is -2.55. The van der Waals surface area contributed by atoms with Crippen LogP contribution in [0.3, 0.4) is 0 Å². The van der Waals surface area contributed by atoms with Gasteiger partial charge in [0.2, 0.25) is 5.91 Å². The standard InChI is InChI=1S/C21H20ClFN4O3S2/c1-12-3-4-13(10-24-12)14-7-20(31-11-14)18-9-19(27(2)32(29,30)26-18)21(28)25-15-5-6-17(23)16(22)8-15/h3-8,10-11,18-19,26H,9H2,1-2H3,(H,25,28)/t18-,19+/m1/s1. The molecule has 0 aliphatic carbocycles. The summed E-state index contributed by atoms with van der Waals surface area (Å²) in [7, 11) is -2.54. The highest BCUT2D eigenvalue weighted by atomic mass is 35.5. The third kappa shape index (κ3) is 4.69. The first-order chi connectivity index (χ1) is 15.1. The van der Waals surface area contributed by atoms with E-state index in [-0.39, 0.29) is 17.1 Å². The van der Waals surface area contributed by atoms with E-state index in [1.165, 1.54) is 30.5 Å². The molecule has 0 unspecified atom stereocenters. The Morgan fingerprint density at radius 3 is 2.75 bits per heavy atom. The zero-order chi connectivity index (χ0) is 23.0. The molecule has 2 atom stereocenters. The first-order valence-corrected chi connectivity index (χ1v) is 12.4. The van der Waals surface area contributed by atoms with Crippen LogP contribution in [0, 0.1) is 12.7 Å². The van der Waals surface area contributed by atoms with E-state index in [1.807, 2.05) is 30.5 Å². The number of likely N-dealkylation sites (N-methyl/N-ethyl adjacent to an activating group) is 1. The molecule has 1 aliphatic heterocycles. The Balaban J connectivity index is 1.56. The number of halogens is 2. The molecule has 0 saturated carbocycles. The van der Waals surface area contributed by atoms with Gasteiger partial charge >= 0.3 is 0 Å². The Bertz CT molecular complexity index is 1260. The molecule has 1 saturated heterocycles. The topological polar surface area (TPSA) is 91.4 Å². The summed E-state index contributed by atoms with van der Waals surface area (Å²) in [4.78, 5) is 18.0. The second kappa shape index (κ2) is 8.87. The minimum atomic E-state index is -3.89. The first kappa shape index (κ1) is 22.8. The van der Waals surface area contributed by atoms with E-state index < -0.39 is 34.0 Å². The fourth-order valence-corrected chi connectivity index (χ4v) is 5.92. The maximum absolute atomic E-state index is 13.4.